The number of pyridine rings is 1. The van der Waals surface area contributed by atoms with Gasteiger partial charge in [-0.25, -0.2) is 9.59 Å². The molecule has 6 heteroatoms. The largest absolute Gasteiger partial charge is 0.465 e. The fraction of sp³-hybridized carbons (Fsp3) is 0.300. The van der Waals surface area contributed by atoms with Crippen molar-refractivity contribution in [1.29, 1.82) is 0 Å². The minimum absolute atomic E-state index is 0.0821. The number of carbonyl (C=O) groups is 2. The van der Waals surface area contributed by atoms with Crippen LogP contribution in [-0.2, 0) is 9.47 Å². The molecule has 16 heavy (non-hydrogen) atoms. The van der Waals surface area contributed by atoms with E-state index in [9.17, 15) is 9.59 Å². The van der Waals surface area contributed by atoms with Crippen molar-refractivity contribution < 1.29 is 28.6 Å². The first-order valence-electron chi connectivity index (χ1n) is 4.40. The number of rotatable bonds is 3. The van der Waals surface area contributed by atoms with Gasteiger partial charge in [-0.3, -0.25) is 4.84 Å². The number of aromatic nitrogens is 1. The van der Waals surface area contributed by atoms with Gasteiger partial charge in [0.2, 0.25) is 12.4 Å². The molecule has 0 saturated carbocycles. The fourth-order valence-electron chi connectivity index (χ4n) is 1.15. The maximum atomic E-state index is 11.4. The SMILES string of the molecule is COC(=O)c1cc[n+](OC)cc1C(=O)OC. The Morgan fingerprint density at radius 2 is 1.62 bits per heavy atom. The Hall–Kier alpha value is -2.11. The number of nitrogens with zero attached hydrogens (tertiary/aromatic N) is 1. The van der Waals surface area contributed by atoms with Gasteiger partial charge >= 0.3 is 11.9 Å². The van der Waals surface area contributed by atoms with Crippen LogP contribution in [0, 0.1) is 0 Å². The summed E-state index contributed by atoms with van der Waals surface area (Å²) in [6, 6.07) is 1.42. The topological polar surface area (TPSA) is 65.7 Å². The highest BCUT2D eigenvalue weighted by molar-refractivity contribution is 6.02. The minimum atomic E-state index is -0.633. The normalized spacial score (nSPS) is 9.44. The molecule has 0 fully saturated rings. The predicted molar refractivity (Wildman–Crippen MR) is 51.8 cm³/mol. The second-order valence-electron chi connectivity index (χ2n) is 2.80. The summed E-state index contributed by atoms with van der Waals surface area (Å²) in [5.74, 6) is -1.24. The highest BCUT2D eigenvalue weighted by Gasteiger charge is 2.23. The van der Waals surface area contributed by atoms with Crippen molar-refractivity contribution >= 4 is 11.9 Å². The summed E-state index contributed by atoms with van der Waals surface area (Å²) in [7, 11) is 3.90. The lowest BCUT2D eigenvalue weighted by molar-refractivity contribution is -0.885. The summed E-state index contributed by atoms with van der Waals surface area (Å²) in [5.41, 5.74) is 0.210. The summed E-state index contributed by atoms with van der Waals surface area (Å²) >= 11 is 0. The summed E-state index contributed by atoms with van der Waals surface area (Å²) in [6.45, 7) is 0. The van der Waals surface area contributed by atoms with Crippen LogP contribution in [0.1, 0.15) is 20.7 Å². The second-order valence-corrected chi connectivity index (χ2v) is 2.80. The zero-order valence-corrected chi connectivity index (χ0v) is 9.22. The molecule has 0 amide bonds. The molecule has 0 N–H and O–H groups in total. The number of hydrogen-bond acceptors (Lipinski definition) is 5. The Morgan fingerprint density at radius 1 is 1.06 bits per heavy atom. The lowest BCUT2D eigenvalue weighted by Gasteiger charge is -2.03. The van der Waals surface area contributed by atoms with Gasteiger partial charge < -0.3 is 9.47 Å². The van der Waals surface area contributed by atoms with Crippen molar-refractivity contribution in [2.24, 2.45) is 0 Å². The van der Waals surface area contributed by atoms with Crippen LogP contribution in [-0.4, -0.2) is 33.3 Å². The van der Waals surface area contributed by atoms with Gasteiger partial charge in [0.25, 0.3) is 0 Å². The van der Waals surface area contributed by atoms with Crippen LogP contribution < -0.4 is 9.57 Å². The van der Waals surface area contributed by atoms with Crippen LogP contribution in [0.25, 0.3) is 0 Å². The Bertz CT molecular complexity index is 416. The van der Waals surface area contributed by atoms with Crippen LogP contribution in [0.5, 0.6) is 0 Å². The third kappa shape index (κ3) is 2.28. The van der Waals surface area contributed by atoms with Gasteiger partial charge in [0.1, 0.15) is 12.7 Å². The molecule has 1 aromatic heterocycles. The lowest BCUT2D eigenvalue weighted by Crippen LogP contribution is -2.41. The van der Waals surface area contributed by atoms with E-state index in [1.165, 1.54) is 44.5 Å². The molecule has 0 aliphatic heterocycles. The van der Waals surface area contributed by atoms with Gasteiger partial charge in [0.05, 0.1) is 19.8 Å². The average Bonchev–Trinajstić information content (AvgIpc) is 2.36. The molecule has 0 aliphatic rings. The van der Waals surface area contributed by atoms with Crippen LogP contribution in [0.3, 0.4) is 0 Å². The third-order valence-corrected chi connectivity index (χ3v) is 1.96. The number of esters is 2. The van der Waals surface area contributed by atoms with E-state index < -0.39 is 11.9 Å². The molecule has 0 unspecified atom stereocenters. The Labute approximate surface area is 92.3 Å². The van der Waals surface area contributed by atoms with Gasteiger partial charge in [0.15, 0.2) is 0 Å². The van der Waals surface area contributed by atoms with Gasteiger partial charge in [-0.05, 0) is 0 Å². The first-order valence-corrected chi connectivity index (χ1v) is 4.40. The van der Waals surface area contributed by atoms with E-state index in [2.05, 4.69) is 9.47 Å². The maximum absolute atomic E-state index is 11.4. The van der Waals surface area contributed by atoms with Crippen molar-refractivity contribution in [2.75, 3.05) is 21.3 Å². The van der Waals surface area contributed by atoms with Crippen LogP contribution in [0.2, 0.25) is 0 Å². The van der Waals surface area contributed by atoms with Crippen molar-refractivity contribution in [3.63, 3.8) is 0 Å². The molecule has 0 bridgehead atoms. The highest BCUT2D eigenvalue weighted by atomic mass is 16.6. The maximum Gasteiger partial charge on any atom is 0.345 e. The molecule has 86 valence electrons. The summed E-state index contributed by atoms with van der Waals surface area (Å²) in [5, 5.41) is 0. The van der Waals surface area contributed by atoms with Crippen molar-refractivity contribution in [3.8, 4) is 0 Å². The Balaban J connectivity index is 3.26. The van der Waals surface area contributed by atoms with E-state index in [-0.39, 0.29) is 11.1 Å². The Kier molecular flexibility index (Phi) is 3.82. The standard InChI is InChI=1S/C10H12NO5/c1-14-9(12)7-4-5-11(16-3)6-8(7)10(13)15-2/h4-6H,1-3H3/q+1. The van der Waals surface area contributed by atoms with Crippen LogP contribution in [0.15, 0.2) is 18.5 Å². The number of hydrogen-bond donors (Lipinski definition) is 0. The molecule has 0 aliphatic carbocycles. The highest BCUT2D eigenvalue weighted by Crippen LogP contribution is 2.08. The molecular weight excluding hydrogens is 214 g/mol. The Morgan fingerprint density at radius 3 is 2.12 bits per heavy atom. The van der Waals surface area contributed by atoms with Crippen molar-refractivity contribution in [1.82, 2.24) is 0 Å². The average molecular weight is 226 g/mol. The zero-order valence-electron chi connectivity index (χ0n) is 9.22. The van der Waals surface area contributed by atoms with Gasteiger partial charge in [-0.1, -0.05) is 0 Å². The fourth-order valence-corrected chi connectivity index (χ4v) is 1.15. The van der Waals surface area contributed by atoms with Gasteiger partial charge in [0, 0.05) is 10.8 Å². The summed E-state index contributed by atoms with van der Waals surface area (Å²) in [4.78, 5) is 27.7. The number of ether oxygens (including phenoxy) is 2. The van der Waals surface area contributed by atoms with E-state index in [1.807, 2.05) is 0 Å². The molecule has 1 rings (SSSR count). The molecule has 0 radical (unpaired) electrons. The first kappa shape index (κ1) is 12.0. The molecule has 1 heterocycles. The quantitative estimate of drug-likeness (QED) is 0.518. The molecule has 0 atom stereocenters. The predicted octanol–water partition coefficient (Wildman–Crippen LogP) is -0.394. The van der Waals surface area contributed by atoms with Crippen molar-refractivity contribution in [3.05, 3.63) is 29.6 Å². The van der Waals surface area contributed by atoms with Crippen LogP contribution in [0.4, 0.5) is 0 Å². The minimum Gasteiger partial charge on any atom is -0.465 e. The second kappa shape index (κ2) is 5.11. The molecule has 0 aromatic carbocycles. The summed E-state index contributed by atoms with van der Waals surface area (Å²) in [6.07, 6.45) is 2.83. The molecule has 1 aromatic rings. The monoisotopic (exact) mass is 226 g/mol. The molecule has 0 saturated heterocycles. The van der Waals surface area contributed by atoms with E-state index >= 15 is 0 Å². The van der Waals surface area contributed by atoms with E-state index in [1.54, 1.807) is 0 Å². The number of carbonyl (C=O) groups excluding carboxylic acids is 2. The molecule has 6 nitrogen and oxygen atoms in total. The summed E-state index contributed by atoms with van der Waals surface area (Å²) < 4.78 is 10.4. The third-order valence-electron chi connectivity index (χ3n) is 1.96. The lowest BCUT2D eigenvalue weighted by atomic mass is 10.1. The van der Waals surface area contributed by atoms with E-state index in [0.717, 1.165) is 0 Å². The van der Waals surface area contributed by atoms with Gasteiger partial charge in [-0.15, -0.1) is 0 Å². The number of methoxy groups -OCH3 is 2. The first-order chi connectivity index (χ1) is 7.63. The molecule has 0 spiro atoms. The van der Waals surface area contributed by atoms with E-state index in [4.69, 9.17) is 4.84 Å². The molecular formula is C10H12NO5+. The van der Waals surface area contributed by atoms with E-state index in [0.29, 0.717) is 0 Å². The van der Waals surface area contributed by atoms with Gasteiger partial charge in [-0.2, -0.15) is 0 Å². The van der Waals surface area contributed by atoms with Crippen LogP contribution >= 0.6 is 0 Å². The van der Waals surface area contributed by atoms with Crippen molar-refractivity contribution in [2.45, 2.75) is 0 Å². The zero-order chi connectivity index (χ0) is 12.1. The smallest absolute Gasteiger partial charge is 0.345 e.